The molecule has 104 valence electrons. The Morgan fingerprint density at radius 1 is 1.26 bits per heavy atom. The molecule has 0 aromatic heterocycles. The zero-order valence-corrected chi connectivity index (χ0v) is 13.2. The summed E-state index contributed by atoms with van der Waals surface area (Å²) in [7, 11) is 0. The minimum absolute atomic E-state index is 0.771. The lowest BCUT2D eigenvalue weighted by Gasteiger charge is -2.27. The Morgan fingerprint density at radius 3 is 2.68 bits per heavy atom. The van der Waals surface area contributed by atoms with Crippen molar-refractivity contribution in [1.29, 1.82) is 0 Å². The minimum Gasteiger partial charge on any atom is -0.368 e. The highest BCUT2D eigenvalue weighted by Crippen LogP contribution is 2.35. The largest absolute Gasteiger partial charge is 0.368 e. The lowest BCUT2D eigenvalue weighted by atomic mass is 10.1. The molecule has 3 rings (SSSR count). The lowest BCUT2D eigenvalue weighted by Crippen LogP contribution is -2.28. The third-order valence-corrected chi connectivity index (χ3v) is 4.45. The number of benzene rings is 1. The molecule has 0 saturated heterocycles. The second kappa shape index (κ2) is 5.84. The van der Waals surface area contributed by atoms with E-state index in [4.69, 9.17) is 0 Å². The molecule has 3 heteroatoms. The Balaban J connectivity index is 1.79. The van der Waals surface area contributed by atoms with E-state index in [0.717, 1.165) is 18.6 Å². The van der Waals surface area contributed by atoms with Crippen LogP contribution in [0.2, 0.25) is 0 Å². The summed E-state index contributed by atoms with van der Waals surface area (Å²) in [5.74, 6) is 0. The molecule has 0 amide bonds. The second-order valence-electron chi connectivity index (χ2n) is 5.85. The molecule has 2 fully saturated rings. The maximum atomic E-state index is 3.65. The number of rotatable bonds is 7. The van der Waals surface area contributed by atoms with E-state index in [9.17, 15) is 0 Å². The molecular weight excluding hydrogens is 300 g/mol. The van der Waals surface area contributed by atoms with Crippen LogP contribution < -0.4 is 10.2 Å². The monoisotopic (exact) mass is 322 g/mol. The number of hydrogen-bond acceptors (Lipinski definition) is 2. The van der Waals surface area contributed by atoms with E-state index in [1.165, 1.54) is 54.4 Å². The number of nitrogens with one attached hydrogen (secondary N) is 1. The van der Waals surface area contributed by atoms with Crippen LogP contribution >= 0.6 is 15.9 Å². The smallest absolute Gasteiger partial charge is 0.0415 e. The predicted octanol–water partition coefficient (Wildman–Crippen LogP) is 4.08. The van der Waals surface area contributed by atoms with Crippen molar-refractivity contribution < 1.29 is 0 Å². The van der Waals surface area contributed by atoms with Crippen LogP contribution in [0.4, 0.5) is 5.69 Å². The van der Waals surface area contributed by atoms with Gasteiger partial charge in [-0.15, -0.1) is 0 Å². The summed E-state index contributed by atoms with van der Waals surface area (Å²) in [4.78, 5) is 2.62. The molecule has 2 nitrogen and oxygen atoms in total. The first-order valence-electron chi connectivity index (χ1n) is 7.56. The van der Waals surface area contributed by atoms with E-state index in [0.29, 0.717) is 0 Å². The zero-order chi connectivity index (χ0) is 13.2. The van der Waals surface area contributed by atoms with Crippen molar-refractivity contribution in [3.05, 3.63) is 28.2 Å². The number of anilines is 1. The summed E-state index contributed by atoms with van der Waals surface area (Å²) in [6.45, 7) is 4.46. The van der Waals surface area contributed by atoms with Crippen molar-refractivity contribution in [3.63, 3.8) is 0 Å². The van der Waals surface area contributed by atoms with Crippen molar-refractivity contribution in [1.82, 2.24) is 5.32 Å². The minimum atomic E-state index is 0.771. The molecule has 0 radical (unpaired) electrons. The fraction of sp³-hybridized carbons (Fsp3) is 0.625. The van der Waals surface area contributed by atoms with Crippen molar-refractivity contribution in [2.45, 2.75) is 57.7 Å². The fourth-order valence-corrected chi connectivity index (χ4v) is 3.05. The van der Waals surface area contributed by atoms with Gasteiger partial charge in [0.15, 0.2) is 0 Å². The van der Waals surface area contributed by atoms with Gasteiger partial charge in [-0.25, -0.2) is 0 Å². The first-order valence-corrected chi connectivity index (χ1v) is 8.35. The van der Waals surface area contributed by atoms with E-state index in [1.54, 1.807) is 0 Å². The summed E-state index contributed by atoms with van der Waals surface area (Å²) in [6, 6.07) is 8.33. The molecule has 0 heterocycles. The topological polar surface area (TPSA) is 15.3 Å². The summed E-state index contributed by atoms with van der Waals surface area (Å²) in [5, 5.41) is 3.65. The van der Waals surface area contributed by atoms with Crippen molar-refractivity contribution in [2.24, 2.45) is 0 Å². The quantitative estimate of drug-likeness (QED) is 0.813. The van der Waals surface area contributed by atoms with Gasteiger partial charge in [-0.05, 0) is 55.9 Å². The third kappa shape index (κ3) is 3.51. The Morgan fingerprint density at radius 2 is 2.05 bits per heavy atom. The lowest BCUT2D eigenvalue weighted by molar-refractivity contribution is 0.679. The van der Waals surface area contributed by atoms with Crippen LogP contribution in [0.15, 0.2) is 22.7 Å². The highest BCUT2D eigenvalue weighted by molar-refractivity contribution is 9.10. The molecule has 0 unspecified atom stereocenters. The molecule has 0 spiro atoms. The molecule has 1 aromatic rings. The van der Waals surface area contributed by atoms with Gasteiger partial charge in [-0.3, -0.25) is 0 Å². The average molecular weight is 323 g/mol. The summed E-state index contributed by atoms with van der Waals surface area (Å²) < 4.78 is 1.19. The van der Waals surface area contributed by atoms with Gasteiger partial charge in [-0.1, -0.05) is 22.9 Å². The molecule has 2 aliphatic rings. The van der Waals surface area contributed by atoms with Gasteiger partial charge in [0.05, 0.1) is 0 Å². The molecule has 19 heavy (non-hydrogen) atoms. The Hall–Kier alpha value is -0.540. The van der Waals surface area contributed by atoms with Crippen LogP contribution in [0.5, 0.6) is 0 Å². The first-order chi connectivity index (χ1) is 9.28. The van der Waals surface area contributed by atoms with Gasteiger partial charge < -0.3 is 10.2 Å². The van der Waals surface area contributed by atoms with Crippen LogP contribution in [-0.4, -0.2) is 18.6 Å². The maximum Gasteiger partial charge on any atom is 0.0415 e. The maximum absolute atomic E-state index is 3.65. The van der Waals surface area contributed by atoms with Crippen LogP contribution in [0.3, 0.4) is 0 Å². The Kier molecular flexibility index (Phi) is 4.13. The van der Waals surface area contributed by atoms with Gasteiger partial charge in [-0.2, -0.15) is 0 Å². The van der Waals surface area contributed by atoms with E-state index >= 15 is 0 Å². The highest BCUT2D eigenvalue weighted by Gasteiger charge is 2.30. The molecule has 1 N–H and O–H groups in total. The SMILES string of the molecule is CCCN(c1ccc(Br)cc1CNC1CC1)C1CC1. The van der Waals surface area contributed by atoms with Crippen molar-refractivity contribution >= 4 is 21.6 Å². The molecular formula is C16H23BrN2. The molecule has 0 aliphatic heterocycles. The van der Waals surface area contributed by atoms with E-state index in [-0.39, 0.29) is 0 Å². The predicted molar refractivity (Wildman–Crippen MR) is 84.7 cm³/mol. The van der Waals surface area contributed by atoms with Gasteiger partial charge >= 0.3 is 0 Å². The number of nitrogens with zero attached hydrogens (tertiary/aromatic N) is 1. The average Bonchev–Trinajstić information content (AvgIpc) is 3.28. The van der Waals surface area contributed by atoms with E-state index in [1.807, 2.05) is 0 Å². The molecule has 0 atom stereocenters. The van der Waals surface area contributed by atoms with Crippen LogP contribution in [-0.2, 0) is 6.54 Å². The third-order valence-electron chi connectivity index (χ3n) is 3.96. The molecule has 2 aliphatic carbocycles. The van der Waals surface area contributed by atoms with Crippen LogP contribution in [0.25, 0.3) is 0 Å². The standard InChI is InChI=1S/C16H23BrN2/c1-2-9-19(15-6-7-15)16-8-3-13(17)10-12(16)11-18-14-4-5-14/h3,8,10,14-15,18H,2,4-7,9,11H2,1H3. The summed E-state index contributed by atoms with van der Waals surface area (Å²) in [6.07, 6.45) is 6.66. The van der Waals surface area contributed by atoms with E-state index in [2.05, 4.69) is 51.3 Å². The van der Waals surface area contributed by atoms with Gasteiger partial charge in [0.25, 0.3) is 0 Å². The van der Waals surface area contributed by atoms with Crippen LogP contribution in [0, 0.1) is 0 Å². The Labute approximate surface area is 124 Å². The Bertz CT molecular complexity index is 438. The molecule has 1 aromatic carbocycles. The summed E-state index contributed by atoms with van der Waals surface area (Å²) in [5.41, 5.74) is 2.89. The second-order valence-corrected chi connectivity index (χ2v) is 6.77. The fourth-order valence-electron chi connectivity index (χ4n) is 2.64. The van der Waals surface area contributed by atoms with Crippen molar-refractivity contribution in [2.75, 3.05) is 11.4 Å². The first kappa shape index (κ1) is 13.4. The zero-order valence-electron chi connectivity index (χ0n) is 11.7. The van der Waals surface area contributed by atoms with Gasteiger partial charge in [0.1, 0.15) is 0 Å². The number of halogens is 1. The summed E-state index contributed by atoms with van der Waals surface area (Å²) >= 11 is 3.61. The van der Waals surface area contributed by atoms with Crippen LogP contribution in [0.1, 0.15) is 44.6 Å². The van der Waals surface area contributed by atoms with Gasteiger partial charge in [0, 0.05) is 35.3 Å². The highest BCUT2D eigenvalue weighted by atomic mass is 79.9. The van der Waals surface area contributed by atoms with E-state index < -0.39 is 0 Å². The van der Waals surface area contributed by atoms with Crippen molar-refractivity contribution in [3.8, 4) is 0 Å². The molecule has 2 saturated carbocycles. The van der Waals surface area contributed by atoms with Gasteiger partial charge in [0.2, 0.25) is 0 Å². The normalized spacial score (nSPS) is 18.6. The molecule has 0 bridgehead atoms. The number of hydrogen-bond donors (Lipinski definition) is 1.